The zero-order valence-corrected chi connectivity index (χ0v) is 8.03. The molecule has 1 rings (SSSR count). The molecular formula is C9H16O4. The van der Waals surface area contributed by atoms with E-state index in [9.17, 15) is 0 Å². The number of rotatable bonds is 6. The summed E-state index contributed by atoms with van der Waals surface area (Å²) in [5, 5.41) is 8.75. The van der Waals surface area contributed by atoms with Gasteiger partial charge in [0.25, 0.3) is 0 Å². The molecule has 0 radical (unpaired) electrons. The molecule has 0 unspecified atom stereocenters. The topological polar surface area (TPSA) is 51.2 Å². The Balaban J connectivity index is 2.23. The molecule has 76 valence electrons. The Bertz CT molecular complexity index is 180. The van der Waals surface area contributed by atoms with Crippen molar-refractivity contribution in [3.8, 4) is 0 Å². The highest BCUT2D eigenvalue weighted by Gasteiger charge is 2.41. The van der Waals surface area contributed by atoms with E-state index in [0.717, 1.165) is 5.57 Å². The van der Waals surface area contributed by atoms with Gasteiger partial charge in [-0.2, -0.15) is 0 Å². The number of hydrogen-bond acceptors (Lipinski definition) is 4. The van der Waals surface area contributed by atoms with Gasteiger partial charge in [0.1, 0.15) is 19.0 Å². The van der Waals surface area contributed by atoms with Gasteiger partial charge in [0.15, 0.2) is 0 Å². The van der Waals surface area contributed by atoms with Gasteiger partial charge in [0.2, 0.25) is 0 Å². The molecule has 0 bridgehead atoms. The van der Waals surface area contributed by atoms with Crippen molar-refractivity contribution in [3.63, 3.8) is 0 Å². The van der Waals surface area contributed by atoms with Crippen LogP contribution in [-0.2, 0) is 14.2 Å². The third kappa shape index (κ3) is 2.77. The summed E-state index contributed by atoms with van der Waals surface area (Å²) >= 11 is 0. The van der Waals surface area contributed by atoms with Gasteiger partial charge in [-0.05, 0) is 12.5 Å². The van der Waals surface area contributed by atoms with Crippen molar-refractivity contribution < 1.29 is 19.3 Å². The highest BCUT2D eigenvalue weighted by atomic mass is 16.7. The van der Waals surface area contributed by atoms with Crippen LogP contribution in [0.15, 0.2) is 12.2 Å². The van der Waals surface area contributed by atoms with Crippen molar-refractivity contribution in [1.82, 2.24) is 0 Å². The van der Waals surface area contributed by atoms with Crippen molar-refractivity contribution in [2.45, 2.75) is 25.2 Å². The van der Waals surface area contributed by atoms with Crippen LogP contribution in [0, 0.1) is 0 Å². The highest BCUT2D eigenvalue weighted by Crippen LogP contribution is 2.30. The van der Waals surface area contributed by atoms with Crippen molar-refractivity contribution in [1.29, 1.82) is 0 Å². The van der Waals surface area contributed by atoms with Crippen LogP contribution < -0.4 is 0 Å². The first kappa shape index (κ1) is 10.7. The summed E-state index contributed by atoms with van der Waals surface area (Å²) in [6.07, 6.45) is -0.223. The summed E-state index contributed by atoms with van der Waals surface area (Å²) in [7, 11) is 1.57. The molecule has 0 amide bonds. The molecule has 3 atom stereocenters. The average molecular weight is 188 g/mol. The van der Waals surface area contributed by atoms with E-state index in [-0.39, 0.29) is 31.7 Å². The molecule has 1 N–H and O–H groups in total. The first-order valence-corrected chi connectivity index (χ1v) is 4.26. The number of ether oxygens (including phenoxy) is 3. The second kappa shape index (κ2) is 4.72. The Labute approximate surface area is 78.1 Å². The Morgan fingerprint density at radius 3 is 2.85 bits per heavy atom. The smallest absolute Gasteiger partial charge is 0.147 e. The predicted molar refractivity (Wildman–Crippen MR) is 47.3 cm³/mol. The Morgan fingerprint density at radius 1 is 1.69 bits per heavy atom. The van der Waals surface area contributed by atoms with Gasteiger partial charge in [0, 0.05) is 7.11 Å². The molecule has 0 spiro atoms. The second-order valence-electron chi connectivity index (χ2n) is 3.07. The van der Waals surface area contributed by atoms with Crippen molar-refractivity contribution in [2.75, 3.05) is 20.5 Å². The van der Waals surface area contributed by atoms with E-state index in [0.29, 0.717) is 0 Å². The molecule has 0 saturated carbocycles. The average Bonchev–Trinajstić information content (AvgIpc) is 2.91. The molecular weight excluding hydrogens is 172 g/mol. The van der Waals surface area contributed by atoms with Gasteiger partial charge in [-0.25, -0.2) is 0 Å². The number of methoxy groups -OCH3 is 1. The molecule has 1 fully saturated rings. The molecule has 1 heterocycles. The van der Waals surface area contributed by atoms with Crippen molar-refractivity contribution >= 4 is 0 Å². The lowest BCUT2D eigenvalue weighted by Crippen LogP contribution is -2.17. The van der Waals surface area contributed by atoms with E-state index >= 15 is 0 Å². The highest BCUT2D eigenvalue weighted by molar-refractivity contribution is 5.16. The van der Waals surface area contributed by atoms with Crippen molar-refractivity contribution in [3.05, 3.63) is 12.2 Å². The summed E-state index contributed by atoms with van der Waals surface area (Å²) in [6.45, 7) is 6.03. The van der Waals surface area contributed by atoms with Crippen LogP contribution in [0.3, 0.4) is 0 Å². The van der Waals surface area contributed by atoms with Crippen LogP contribution in [0.2, 0.25) is 0 Å². The molecule has 1 saturated heterocycles. The van der Waals surface area contributed by atoms with Crippen LogP contribution in [0.5, 0.6) is 0 Å². The zero-order valence-electron chi connectivity index (χ0n) is 8.03. The maximum Gasteiger partial charge on any atom is 0.147 e. The summed E-state index contributed by atoms with van der Waals surface area (Å²) in [6, 6.07) is 0. The van der Waals surface area contributed by atoms with E-state index in [4.69, 9.17) is 19.3 Å². The summed E-state index contributed by atoms with van der Waals surface area (Å²) < 4.78 is 15.2. The third-order valence-corrected chi connectivity index (χ3v) is 2.09. The lowest BCUT2D eigenvalue weighted by atomic mass is 10.1. The molecule has 13 heavy (non-hydrogen) atoms. The minimum atomic E-state index is -0.0958. The van der Waals surface area contributed by atoms with Crippen LogP contribution in [0.4, 0.5) is 0 Å². The molecule has 4 nitrogen and oxygen atoms in total. The fourth-order valence-corrected chi connectivity index (χ4v) is 1.12. The van der Waals surface area contributed by atoms with E-state index < -0.39 is 0 Å². The van der Waals surface area contributed by atoms with Crippen LogP contribution >= 0.6 is 0 Å². The number of epoxide rings is 1. The third-order valence-electron chi connectivity index (χ3n) is 2.09. The van der Waals surface area contributed by atoms with Crippen LogP contribution in [0.1, 0.15) is 6.92 Å². The SMILES string of the molecule is C=C([C@H](C)OCOC)[C@@H]1O[C@H]1CO. The predicted octanol–water partition coefficient (Wildman–Crippen LogP) is 0.311. The standard InChI is InChI=1S/C9H16O4/c1-6(7(2)12-5-11-3)9-8(4-10)13-9/h7-10H,1,4-5H2,2-3H3/t7-,8-,9-/m0/s1. The Kier molecular flexibility index (Phi) is 3.87. The number of aliphatic hydroxyl groups excluding tert-OH is 1. The van der Waals surface area contributed by atoms with Gasteiger partial charge in [0.05, 0.1) is 12.7 Å². The fraction of sp³-hybridized carbons (Fsp3) is 0.778. The van der Waals surface area contributed by atoms with Crippen molar-refractivity contribution in [2.24, 2.45) is 0 Å². The molecule has 0 aromatic carbocycles. The van der Waals surface area contributed by atoms with E-state index in [1.54, 1.807) is 7.11 Å². The molecule has 0 aliphatic carbocycles. The van der Waals surface area contributed by atoms with E-state index in [1.165, 1.54) is 0 Å². The minimum absolute atomic E-state index is 0.0423. The maximum atomic E-state index is 8.75. The minimum Gasteiger partial charge on any atom is -0.394 e. The quantitative estimate of drug-likeness (QED) is 0.370. The summed E-state index contributed by atoms with van der Waals surface area (Å²) in [5.74, 6) is 0. The first-order chi connectivity index (χ1) is 6.20. The van der Waals surface area contributed by atoms with Gasteiger partial charge in [-0.15, -0.1) is 0 Å². The lowest BCUT2D eigenvalue weighted by molar-refractivity contribution is -0.0542. The molecule has 0 aromatic rings. The zero-order chi connectivity index (χ0) is 9.84. The molecule has 1 aliphatic rings. The fourth-order valence-electron chi connectivity index (χ4n) is 1.12. The van der Waals surface area contributed by atoms with Crippen LogP contribution in [0.25, 0.3) is 0 Å². The first-order valence-electron chi connectivity index (χ1n) is 4.26. The Morgan fingerprint density at radius 2 is 2.38 bits per heavy atom. The summed E-state index contributed by atoms with van der Waals surface area (Å²) in [5.41, 5.74) is 0.858. The normalized spacial score (nSPS) is 28.5. The number of aliphatic hydroxyl groups is 1. The van der Waals surface area contributed by atoms with Gasteiger partial charge < -0.3 is 19.3 Å². The number of hydrogen-bond donors (Lipinski definition) is 1. The van der Waals surface area contributed by atoms with Gasteiger partial charge in [-0.3, -0.25) is 0 Å². The molecule has 4 heteroatoms. The molecule has 1 aliphatic heterocycles. The Hall–Kier alpha value is -0.420. The second-order valence-corrected chi connectivity index (χ2v) is 3.07. The largest absolute Gasteiger partial charge is 0.394 e. The van der Waals surface area contributed by atoms with Crippen LogP contribution in [-0.4, -0.2) is 43.9 Å². The van der Waals surface area contributed by atoms with Gasteiger partial charge in [-0.1, -0.05) is 6.58 Å². The summed E-state index contributed by atoms with van der Waals surface area (Å²) in [4.78, 5) is 0. The lowest BCUT2D eigenvalue weighted by Gasteiger charge is -2.13. The maximum absolute atomic E-state index is 8.75. The van der Waals surface area contributed by atoms with E-state index in [1.807, 2.05) is 6.92 Å². The van der Waals surface area contributed by atoms with E-state index in [2.05, 4.69) is 6.58 Å². The van der Waals surface area contributed by atoms with Gasteiger partial charge >= 0.3 is 0 Å². The monoisotopic (exact) mass is 188 g/mol. The molecule has 0 aromatic heterocycles.